The number of hydrogen-bond acceptors (Lipinski definition) is 7. The maximum atomic E-state index is 11.8. The zero-order valence-electron chi connectivity index (χ0n) is 14.3. The summed E-state index contributed by atoms with van der Waals surface area (Å²) in [4.78, 5) is 11.8. The van der Waals surface area contributed by atoms with E-state index in [2.05, 4.69) is 31.1 Å². The molecule has 0 saturated heterocycles. The van der Waals surface area contributed by atoms with Crippen molar-refractivity contribution in [3.8, 4) is 5.82 Å². The van der Waals surface area contributed by atoms with E-state index >= 15 is 0 Å². The van der Waals surface area contributed by atoms with E-state index in [9.17, 15) is 4.79 Å². The molecule has 0 saturated carbocycles. The Balaban J connectivity index is 1.49. The van der Waals surface area contributed by atoms with Gasteiger partial charge in [0.05, 0.1) is 5.69 Å². The molecule has 0 aliphatic heterocycles. The molecule has 3 aromatic rings. The van der Waals surface area contributed by atoms with E-state index in [0.717, 1.165) is 11.4 Å². The van der Waals surface area contributed by atoms with Crippen LogP contribution in [0, 0.1) is 20.8 Å². The summed E-state index contributed by atoms with van der Waals surface area (Å²) in [6, 6.07) is 7.23. The van der Waals surface area contributed by atoms with Crippen LogP contribution in [-0.2, 0) is 0 Å². The Morgan fingerprint density at radius 3 is 2.60 bits per heavy atom. The molecular weight excluding hydrogens is 322 g/mol. The average Bonchev–Trinajstić information content (AvgIpc) is 3.17. The zero-order valence-corrected chi connectivity index (χ0v) is 14.3. The fraction of sp³-hybridized carbons (Fsp3) is 0.312. The number of carbonyl (C=O) groups is 1. The third kappa shape index (κ3) is 4.00. The SMILES string of the molecule is Cc1cc(C)n(-c2ccc(NCCNC(=O)c3cc(C)on3)nn2)n1. The third-order valence-corrected chi connectivity index (χ3v) is 3.45. The lowest BCUT2D eigenvalue weighted by molar-refractivity contribution is 0.0946. The fourth-order valence-corrected chi connectivity index (χ4v) is 2.32. The third-order valence-electron chi connectivity index (χ3n) is 3.45. The Bertz CT molecular complexity index is 867. The first-order chi connectivity index (χ1) is 12.0. The van der Waals surface area contributed by atoms with Crippen molar-refractivity contribution in [1.29, 1.82) is 0 Å². The van der Waals surface area contributed by atoms with Crippen molar-refractivity contribution in [1.82, 2.24) is 30.5 Å². The molecule has 0 radical (unpaired) electrons. The minimum Gasteiger partial charge on any atom is -0.367 e. The summed E-state index contributed by atoms with van der Waals surface area (Å²) < 4.78 is 6.61. The highest BCUT2D eigenvalue weighted by Gasteiger charge is 2.10. The molecule has 3 aromatic heterocycles. The van der Waals surface area contributed by atoms with Crippen LogP contribution in [0.4, 0.5) is 5.82 Å². The van der Waals surface area contributed by atoms with Crippen molar-refractivity contribution in [2.45, 2.75) is 20.8 Å². The number of amides is 1. The van der Waals surface area contributed by atoms with Crippen LogP contribution in [0.5, 0.6) is 0 Å². The summed E-state index contributed by atoms with van der Waals surface area (Å²) in [5.41, 5.74) is 2.20. The zero-order chi connectivity index (χ0) is 17.8. The van der Waals surface area contributed by atoms with Gasteiger partial charge in [-0.2, -0.15) is 5.10 Å². The average molecular weight is 341 g/mol. The highest BCUT2D eigenvalue weighted by molar-refractivity contribution is 5.92. The van der Waals surface area contributed by atoms with Gasteiger partial charge < -0.3 is 15.2 Å². The molecule has 0 aliphatic rings. The normalized spacial score (nSPS) is 10.7. The molecule has 3 rings (SSSR count). The van der Waals surface area contributed by atoms with E-state index < -0.39 is 0 Å². The minimum absolute atomic E-state index is 0.270. The van der Waals surface area contributed by atoms with E-state index in [4.69, 9.17) is 4.52 Å². The standard InChI is InChI=1S/C16H19N7O2/c1-10-8-11(2)23(21-10)15-5-4-14(19-20-15)17-6-7-18-16(24)13-9-12(3)25-22-13/h4-5,8-9H,6-7H2,1-3H3,(H,17,19)(H,18,24). The van der Waals surface area contributed by atoms with Crippen LogP contribution in [-0.4, -0.2) is 44.1 Å². The topological polar surface area (TPSA) is 111 Å². The maximum Gasteiger partial charge on any atom is 0.273 e. The van der Waals surface area contributed by atoms with Gasteiger partial charge in [-0.25, -0.2) is 4.68 Å². The number of anilines is 1. The van der Waals surface area contributed by atoms with Gasteiger partial charge in [0.15, 0.2) is 11.5 Å². The Morgan fingerprint density at radius 2 is 2.00 bits per heavy atom. The minimum atomic E-state index is -0.274. The molecule has 130 valence electrons. The highest BCUT2D eigenvalue weighted by Crippen LogP contribution is 2.10. The van der Waals surface area contributed by atoms with Gasteiger partial charge in [-0.3, -0.25) is 4.79 Å². The van der Waals surface area contributed by atoms with Crippen molar-refractivity contribution >= 4 is 11.7 Å². The highest BCUT2D eigenvalue weighted by atomic mass is 16.5. The van der Waals surface area contributed by atoms with Crippen molar-refractivity contribution in [2.24, 2.45) is 0 Å². The van der Waals surface area contributed by atoms with Gasteiger partial charge in [0, 0.05) is 24.8 Å². The van der Waals surface area contributed by atoms with Gasteiger partial charge in [0.25, 0.3) is 5.91 Å². The first-order valence-electron chi connectivity index (χ1n) is 7.85. The Labute approximate surface area is 144 Å². The molecule has 1 amide bonds. The number of nitrogens with one attached hydrogen (secondary N) is 2. The van der Waals surface area contributed by atoms with Gasteiger partial charge in [0.1, 0.15) is 11.6 Å². The molecular formula is C16H19N7O2. The molecule has 0 bridgehead atoms. The van der Waals surface area contributed by atoms with Gasteiger partial charge in [0.2, 0.25) is 0 Å². The fourth-order valence-electron chi connectivity index (χ4n) is 2.32. The number of aryl methyl sites for hydroxylation is 3. The molecule has 3 heterocycles. The second kappa shape index (κ2) is 7.12. The van der Waals surface area contributed by atoms with Crippen LogP contribution < -0.4 is 10.6 Å². The lowest BCUT2D eigenvalue weighted by atomic mass is 10.3. The summed E-state index contributed by atoms with van der Waals surface area (Å²) in [6.45, 7) is 6.57. The summed E-state index contributed by atoms with van der Waals surface area (Å²) in [5.74, 6) is 1.61. The lowest BCUT2D eigenvalue weighted by Crippen LogP contribution is -2.29. The van der Waals surface area contributed by atoms with Crippen molar-refractivity contribution in [3.63, 3.8) is 0 Å². The van der Waals surface area contributed by atoms with Gasteiger partial charge in [-0.05, 0) is 39.0 Å². The quantitative estimate of drug-likeness (QED) is 0.652. The van der Waals surface area contributed by atoms with Crippen molar-refractivity contribution in [2.75, 3.05) is 18.4 Å². The molecule has 2 N–H and O–H groups in total. The molecule has 0 aliphatic carbocycles. The smallest absolute Gasteiger partial charge is 0.273 e. The van der Waals surface area contributed by atoms with Crippen LogP contribution in [0.1, 0.15) is 27.6 Å². The van der Waals surface area contributed by atoms with Gasteiger partial charge in [-0.1, -0.05) is 5.16 Å². The van der Waals surface area contributed by atoms with Crippen LogP contribution in [0.3, 0.4) is 0 Å². The molecule has 25 heavy (non-hydrogen) atoms. The Kier molecular flexibility index (Phi) is 4.73. The first kappa shape index (κ1) is 16.6. The summed E-state index contributed by atoms with van der Waals surface area (Å²) in [6.07, 6.45) is 0. The number of hydrogen-bond donors (Lipinski definition) is 2. The molecule has 0 fully saturated rings. The Morgan fingerprint density at radius 1 is 1.16 bits per heavy atom. The molecule has 0 spiro atoms. The van der Waals surface area contributed by atoms with E-state index in [0.29, 0.717) is 30.5 Å². The number of nitrogens with zero attached hydrogens (tertiary/aromatic N) is 5. The molecule has 0 atom stereocenters. The van der Waals surface area contributed by atoms with Crippen LogP contribution in [0.15, 0.2) is 28.8 Å². The predicted octanol–water partition coefficient (Wildman–Crippen LogP) is 1.42. The number of carbonyl (C=O) groups excluding carboxylic acids is 1. The van der Waals surface area contributed by atoms with E-state index in [1.807, 2.05) is 32.0 Å². The Hall–Kier alpha value is -3.23. The molecule has 0 aromatic carbocycles. The monoisotopic (exact) mass is 341 g/mol. The number of aromatic nitrogens is 5. The van der Waals surface area contributed by atoms with Crippen molar-refractivity contribution < 1.29 is 9.32 Å². The van der Waals surface area contributed by atoms with Gasteiger partial charge in [-0.15, -0.1) is 10.2 Å². The second-order valence-corrected chi connectivity index (χ2v) is 5.62. The van der Waals surface area contributed by atoms with Crippen molar-refractivity contribution in [3.05, 3.63) is 47.1 Å². The van der Waals surface area contributed by atoms with E-state index in [-0.39, 0.29) is 11.6 Å². The van der Waals surface area contributed by atoms with Crippen LogP contribution >= 0.6 is 0 Å². The molecule has 9 heteroatoms. The molecule has 9 nitrogen and oxygen atoms in total. The molecule has 0 unspecified atom stereocenters. The summed E-state index contributed by atoms with van der Waals surface area (Å²) >= 11 is 0. The van der Waals surface area contributed by atoms with E-state index in [1.165, 1.54) is 0 Å². The van der Waals surface area contributed by atoms with Gasteiger partial charge >= 0.3 is 0 Å². The second-order valence-electron chi connectivity index (χ2n) is 5.62. The first-order valence-corrected chi connectivity index (χ1v) is 7.85. The summed E-state index contributed by atoms with van der Waals surface area (Å²) in [5, 5.41) is 22.2. The predicted molar refractivity (Wildman–Crippen MR) is 90.7 cm³/mol. The van der Waals surface area contributed by atoms with E-state index in [1.54, 1.807) is 17.7 Å². The number of rotatable bonds is 6. The van der Waals surface area contributed by atoms with Crippen LogP contribution in [0.2, 0.25) is 0 Å². The maximum absolute atomic E-state index is 11.8. The summed E-state index contributed by atoms with van der Waals surface area (Å²) in [7, 11) is 0. The largest absolute Gasteiger partial charge is 0.367 e. The lowest BCUT2D eigenvalue weighted by Gasteiger charge is -2.07. The van der Waals surface area contributed by atoms with Crippen LogP contribution in [0.25, 0.3) is 5.82 Å².